The number of ether oxygens (including phenoxy) is 3. The second kappa shape index (κ2) is 6.17. The lowest BCUT2D eigenvalue weighted by Crippen LogP contribution is -2.40. The third-order valence-electron chi connectivity index (χ3n) is 3.03. The Bertz CT molecular complexity index is 584. The van der Waals surface area contributed by atoms with Gasteiger partial charge in [-0.1, -0.05) is 11.6 Å². The van der Waals surface area contributed by atoms with E-state index in [9.17, 15) is 8.42 Å². The maximum Gasteiger partial charge on any atom is 0.247 e. The van der Waals surface area contributed by atoms with Gasteiger partial charge < -0.3 is 14.2 Å². The zero-order valence-corrected chi connectivity index (χ0v) is 12.8. The van der Waals surface area contributed by atoms with Crippen LogP contribution in [0.5, 0.6) is 11.5 Å². The molecule has 0 atom stereocenters. The highest BCUT2D eigenvalue weighted by Crippen LogP contribution is 2.36. The van der Waals surface area contributed by atoms with Crippen LogP contribution in [0.15, 0.2) is 17.0 Å². The Balaban J connectivity index is 2.49. The van der Waals surface area contributed by atoms with E-state index in [0.717, 1.165) is 0 Å². The van der Waals surface area contributed by atoms with Gasteiger partial charge in [0.15, 0.2) is 0 Å². The zero-order chi connectivity index (χ0) is 14.8. The van der Waals surface area contributed by atoms with Crippen molar-refractivity contribution in [2.45, 2.75) is 4.90 Å². The van der Waals surface area contributed by atoms with Crippen LogP contribution in [0.2, 0.25) is 5.02 Å². The van der Waals surface area contributed by atoms with Crippen molar-refractivity contribution in [3.05, 3.63) is 17.2 Å². The maximum absolute atomic E-state index is 12.6. The fourth-order valence-electron chi connectivity index (χ4n) is 1.96. The number of sulfonamides is 1. The number of benzene rings is 1. The molecule has 20 heavy (non-hydrogen) atoms. The van der Waals surface area contributed by atoms with Crippen molar-refractivity contribution in [1.29, 1.82) is 0 Å². The molecule has 1 aromatic carbocycles. The van der Waals surface area contributed by atoms with Crippen LogP contribution in [-0.4, -0.2) is 53.2 Å². The molecule has 0 spiro atoms. The lowest BCUT2D eigenvalue weighted by atomic mass is 10.3. The summed E-state index contributed by atoms with van der Waals surface area (Å²) >= 11 is 5.98. The molecule has 8 heteroatoms. The first-order chi connectivity index (χ1) is 9.50. The van der Waals surface area contributed by atoms with Gasteiger partial charge in [-0.05, 0) is 0 Å². The first-order valence-electron chi connectivity index (χ1n) is 6.00. The largest absolute Gasteiger partial charge is 0.495 e. The lowest BCUT2D eigenvalue weighted by molar-refractivity contribution is 0.0729. The molecule has 0 bridgehead atoms. The van der Waals surface area contributed by atoms with Crippen molar-refractivity contribution in [3.63, 3.8) is 0 Å². The predicted molar refractivity (Wildman–Crippen MR) is 74.1 cm³/mol. The molecule has 1 fully saturated rings. The summed E-state index contributed by atoms with van der Waals surface area (Å²) in [5, 5.41) is 0.297. The van der Waals surface area contributed by atoms with Gasteiger partial charge in [-0.3, -0.25) is 0 Å². The van der Waals surface area contributed by atoms with Crippen molar-refractivity contribution < 1.29 is 22.6 Å². The van der Waals surface area contributed by atoms with Crippen LogP contribution in [0.3, 0.4) is 0 Å². The molecule has 0 unspecified atom stereocenters. The third-order valence-corrected chi connectivity index (χ3v) is 5.24. The second-order valence-corrected chi connectivity index (χ2v) is 6.47. The van der Waals surface area contributed by atoms with E-state index in [4.69, 9.17) is 25.8 Å². The number of rotatable bonds is 4. The van der Waals surface area contributed by atoms with Crippen LogP contribution >= 0.6 is 11.6 Å². The summed E-state index contributed by atoms with van der Waals surface area (Å²) < 4.78 is 42.0. The Morgan fingerprint density at radius 3 is 2.30 bits per heavy atom. The second-order valence-electron chi connectivity index (χ2n) is 4.15. The van der Waals surface area contributed by atoms with Gasteiger partial charge in [0.05, 0.1) is 32.5 Å². The van der Waals surface area contributed by atoms with Crippen molar-refractivity contribution in [1.82, 2.24) is 4.31 Å². The summed E-state index contributed by atoms with van der Waals surface area (Å²) in [4.78, 5) is 0.0446. The van der Waals surface area contributed by atoms with E-state index < -0.39 is 10.0 Å². The van der Waals surface area contributed by atoms with Gasteiger partial charge in [-0.2, -0.15) is 4.31 Å². The Labute approximate surface area is 123 Å². The summed E-state index contributed by atoms with van der Waals surface area (Å²) in [6.45, 7) is 1.39. The number of nitrogens with zero attached hydrogens (tertiary/aromatic N) is 1. The van der Waals surface area contributed by atoms with Gasteiger partial charge in [-0.25, -0.2) is 8.42 Å². The zero-order valence-electron chi connectivity index (χ0n) is 11.3. The molecule has 1 aromatic rings. The van der Waals surface area contributed by atoms with Crippen LogP contribution in [0.4, 0.5) is 0 Å². The SMILES string of the molecule is COc1cc(S(=O)(=O)N2CCOCC2)c(OC)cc1Cl. The third kappa shape index (κ3) is 2.85. The average Bonchev–Trinajstić information content (AvgIpc) is 2.47. The van der Waals surface area contributed by atoms with Crippen molar-refractivity contribution in [3.8, 4) is 11.5 Å². The molecule has 0 N–H and O–H groups in total. The van der Waals surface area contributed by atoms with E-state index in [-0.39, 0.29) is 10.6 Å². The van der Waals surface area contributed by atoms with E-state index in [1.54, 1.807) is 0 Å². The highest BCUT2D eigenvalue weighted by Gasteiger charge is 2.30. The Kier molecular flexibility index (Phi) is 4.74. The standard InChI is InChI=1S/C12H16ClNO5S/c1-17-10-8-12(11(18-2)7-9(10)13)20(15,16)14-3-5-19-6-4-14/h7-8H,3-6H2,1-2H3. The molecule has 1 saturated heterocycles. The van der Waals surface area contributed by atoms with E-state index in [1.807, 2.05) is 0 Å². The molecule has 0 radical (unpaired) electrons. The molecule has 0 aromatic heterocycles. The number of halogens is 1. The molecule has 2 rings (SSSR count). The van der Waals surface area contributed by atoms with Gasteiger partial charge in [0.25, 0.3) is 0 Å². The summed E-state index contributed by atoms with van der Waals surface area (Å²) in [6.07, 6.45) is 0. The minimum Gasteiger partial charge on any atom is -0.495 e. The van der Waals surface area contributed by atoms with Crippen molar-refractivity contribution >= 4 is 21.6 Å². The molecular weight excluding hydrogens is 306 g/mol. The first-order valence-corrected chi connectivity index (χ1v) is 7.82. The smallest absolute Gasteiger partial charge is 0.247 e. The number of methoxy groups -OCH3 is 2. The quantitative estimate of drug-likeness (QED) is 0.838. The van der Waals surface area contributed by atoms with E-state index in [2.05, 4.69) is 0 Å². The molecule has 0 aliphatic carbocycles. The summed E-state index contributed by atoms with van der Waals surface area (Å²) in [5.41, 5.74) is 0. The molecule has 1 heterocycles. The summed E-state index contributed by atoms with van der Waals surface area (Å²) in [6, 6.07) is 2.82. The van der Waals surface area contributed by atoms with Crippen LogP contribution in [-0.2, 0) is 14.8 Å². The van der Waals surface area contributed by atoms with Gasteiger partial charge in [-0.15, -0.1) is 0 Å². The highest BCUT2D eigenvalue weighted by molar-refractivity contribution is 7.89. The topological polar surface area (TPSA) is 65.1 Å². The average molecular weight is 322 g/mol. The Hall–Kier alpha value is -1.02. The fraction of sp³-hybridized carbons (Fsp3) is 0.500. The minimum absolute atomic E-state index is 0.0446. The maximum atomic E-state index is 12.6. The van der Waals surface area contributed by atoms with Gasteiger partial charge in [0.2, 0.25) is 10.0 Å². The van der Waals surface area contributed by atoms with Crippen LogP contribution in [0.25, 0.3) is 0 Å². The molecule has 0 amide bonds. The van der Waals surface area contributed by atoms with Gasteiger partial charge in [0, 0.05) is 25.2 Å². The minimum atomic E-state index is -3.66. The lowest BCUT2D eigenvalue weighted by Gasteiger charge is -2.26. The first kappa shape index (κ1) is 15.4. The van der Waals surface area contributed by atoms with E-state index in [0.29, 0.717) is 37.1 Å². The van der Waals surface area contributed by atoms with E-state index >= 15 is 0 Å². The molecule has 1 aliphatic rings. The molecule has 0 saturated carbocycles. The Morgan fingerprint density at radius 2 is 1.75 bits per heavy atom. The number of hydrogen-bond acceptors (Lipinski definition) is 5. The van der Waals surface area contributed by atoms with Crippen molar-refractivity contribution in [2.75, 3.05) is 40.5 Å². The predicted octanol–water partition coefficient (Wildman–Crippen LogP) is 1.38. The van der Waals surface area contributed by atoms with Crippen LogP contribution < -0.4 is 9.47 Å². The molecular formula is C12H16ClNO5S. The van der Waals surface area contributed by atoms with Gasteiger partial charge in [0.1, 0.15) is 16.4 Å². The van der Waals surface area contributed by atoms with Crippen LogP contribution in [0, 0.1) is 0 Å². The van der Waals surface area contributed by atoms with Crippen molar-refractivity contribution in [2.24, 2.45) is 0 Å². The molecule has 112 valence electrons. The molecule has 1 aliphatic heterocycles. The summed E-state index contributed by atoms with van der Waals surface area (Å²) in [5.74, 6) is 0.488. The normalized spacial score (nSPS) is 16.9. The number of hydrogen-bond donors (Lipinski definition) is 0. The van der Waals surface area contributed by atoms with Crippen LogP contribution in [0.1, 0.15) is 0 Å². The fourth-order valence-corrected chi connectivity index (χ4v) is 3.75. The highest BCUT2D eigenvalue weighted by atomic mass is 35.5. The van der Waals surface area contributed by atoms with E-state index in [1.165, 1.54) is 30.7 Å². The molecule has 6 nitrogen and oxygen atoms in total. The monoisotopic (exact) mass is 321 g/mol. The Morgan fingerprint density at radius 1 is 1.15 bits per heavy atom. The summed E-state index contributed by atoms with van der Waals surface area (Å²) in [7, 11) is -0.836. The van der Waals surface area contributed by atoms with Gasteiger partial charge >= 0.3 is 0 Å². The number of morpholine rings is 1.